The van der Waals surface area contributed by atoms with Crippen molar-refractivity contribution in [1.82, 2.24) is 0 Å². The van der Waals surface area contributed by atoms with Gasteiger partial charge in [-0.3, -0.25) is 0 Å². The SMILES string of the molecule is O=C(O)c1ccc(COCc2ccccc2F)c(Cl)c1. The van der Waals surface area contributed by atoms with Crippen LogP contribution in [-0.2, 0) is 18.0 Å². The summed E-state index contributed by atoms with van der Waals surface area (Å²) in [5.74, 6) is -1.36. The van der Waals surface area contributed by atoms with Gasteiger partial charge >= 0.3 is 5.97 Å². The molecule has 0 aromatic heterocycles. The van der Waals surface area contributed by atoms with E-state index in [1.54, 1.807) is 24.3 Å². The number of aromatic carboxylic acids is 1. The molecule has 0 saturated heterocycles. The van der Waals surface area contributed by atoms with Crippen molar-refractivity contribution in [3.63, 3.8) is 0 Å². The normalized spacial score (nSPS) is 10.5. The number of benzene rings is 2. The topological polar surface area (TPSA) is 46.5 Å². The van der Waals surface area contributed by atoms with Gasteiger partial charge in [0.2, 0.25) is 0 Å². The highest BCUT2D eigenvalue weighted by Crippen LogP contribution is 2.19. The van der Waals surface area contributed by atoms with Crippen molar-refractivity contribution in [3.8, 4) is 0 Å². The molecule has 2 rings (SSSR count). The van der Waals surface area contributed by atoms with Crippen LogP contribution < -0.4 is 0 Å². The van der Waals surface area contributed by atoms with Crippen LogP contribution in [0.3, 0.4) is 0 Å². The number of ether oxygens (including phenoxy) is 1. The lowest BCUT2D eigenvalue weighted by Crippen LogP contribution is -2.00. The van der Waals surface area contributed by atoms with Crippen LogP contribution >= 0.6 is 11.6 Å². The van der Waals surface area contributed by atoms with Crippen molar-refractivity contribution in [1.29, 1.82) is 0 Å². The van der Waals surface area contributed by atoms with E-state index in [-0.39, 0.29) is 24.6 Å². The molecule has 0 atom stereocenters. The molecule has 0 heterocycles. The average molecular weight is 295 g/mol. The monoisotopic (exact) mass is 294 g/mol. The molecule has 2 aromatic rings. The molecule has 0 aliphatic rings. The maximum atomic E-state index is 13.4. The van der Waals surface area contributed by atoms with Gasteiger partial charge in [-0.05, 0) is 23.8 Å². The van der Waals surface area contributed by atoms with Crippen LogP contribution in [0.4, 0.5) is 4.39 Å². The van der Waals surface area contributed by atoms with Gasteiger partial charge in [0.15, 0.2) is 0 Å². The largest absolute Gasteiger partial charge is 0.478 e. The predicted molar refractivity (Wildman–Crippen MR) is 73.3 cm³/mol. The summed E-state index contributed by atoms with van der Waals surface area (Å²) in [6, 6.07) is 10.8. The van der Waals surface area contributed by atoms with Crippen LogP contribution in [0.1, 0.15) is 21.5 Å². The third kappa shape index (κ3) is 3.56. The molecular formula is C15H12ClFO3. The lowest BCUT2D eigenvalue weighted by molar-refractivity contribution is 0.0696. The van der Waals surface area contributed by atoms with E-state index in [0.717, 1.165) is 0 Å². The molecule has 1 N–H and O–H groups in total. The molecule has 0 aliphatic carbocycles. The Balaban J connectivity index is 1.98. The Morgan fingerprint density at radius 2 is 1.85 bits per heavy atom. The third-order valence-electron chi connectivity index (χ3n) is 2.77. The summed E-state index contributed by atoms with van der Waals surface area (Å²) in [6.45, 7) is 0.316. The van der Waals surface area contributed by atoms with E-state index >= 15 is 0 Å². The number of halogens is 2. The number of carboxylic acid groups (broad SMARTS) is 1. The number of rotatable bonds is 5. The van der Waals surface area contributed by atoms with Crippen LogP contribution in [-0.4, -0.2) is 11.1 Å². The molecule has 0 spiro atoms. The minimum Gasteiger partial charge on any atom is -0.478 e. The van der Waals surface area contributed by atoms with E-state index in [1.807, 2.05) is 0 Å². The Bertz CT molecular complexity index is 628. The van der Waals surface area contributed by atoms with Crippen molar-refractivity contribution in [2.45, 2.75) is 13.2 Å². The molecule has 0 radical (unpaired) electrons. The number of carboxylic acids is 1. The van der Waals surface area contributed by atoms with Crippen LogP contribution in [0.5, 0.6) is 0 Å². The molecule has 0 amide bonds. The Morgan fingerprint density at radius 3 is 2.50 bits per heavy atom. The fraction of sp³-hybridized carbons (Fsp3) is 0.133. The quantitative estimate of drug-likeness (QED) is 0.910. The zero-order chi connectivity index (χ0) is 14.5. The Kier molecular flexibility index (Phi) is 4.71. The van der Waals surface area contributed by atoms with Crippen molar-refractivity contribution >= 4 is 17.6 Å². The van der Waals surface area contributed by atoms with Gasteiger partial charge in [-0.1, -0.05) is 35.9 Å². The molecule has 0 aliphatic heterocycles. The van der Waals surface area contributed by atoms with E-state index in [0.29, 0.717) is 16.1 Å². The first-order valence-corrected chi connectivity index (χ1v) is 6.28. The van der Waals surface area contributed by atoms with Crippen molar-refractivity contribution in [2.24, 2.45) is 0 Å². The maximum Gasteiger partial charge on any atom is 0.335 e. The standard InChI is InChI=1S/C15H12ClFO3/c16-13-7-10(15(18)19)5-6-11(13)8-20-9-12-3-1-2-4-14(12)17/h1-7H,8-9H2,(H,18,19). The fourth-order valence-corrected chi connectivity index (χ4v) is 1.92. The molecule has 0 fully saturated rings. The zero-order valence-electron chi connectivity index (χ0n) is 10.5. The van der Waals surface area contributed by atoms with Crippen molar-refractivity contribution < 1.29 is 19.0 Å². The van der Waals surface area contributed by atoms with Gasteiger partial charge in [0.1, 0.15) is 5.82 Å². The van der Waals surface area contributed by atoms with Gasteiger partial charge in [-0.15, -0.1) is 0 Å². The van der Waals surface area contributed by atoms with E-state index in [9.17, 15) is 9.18 Å². The predicted octanol–water partition coefficient (Wildman–Crippen LogP) is 3.89. The summed E-state index contributed by atoms with van der Waals surface area (Å²) in [6.07, 6.45) is 0. The van der Waals surface area contributed by atoms with Gasteiger partial charge in [0.25, 0.3) is 0 Å². The average Bonchev–Trinajstić information content (AvgIpc) is 2.42. The van der Waals surface area contributed by atoms with Crippen molar-refractivity contribution in [2.75, 3.05) is 0 Å². The summed E-state index contributed by atoms with van der Waals surface area (Å²) >= 11 is 5.97. The lowest BCUT2D eigenvalue weighted by Gasteiger charge is -2.07. The molecule has 104 valence electrons. The molecule has 20 heavy (non-hydrogen) atoms. The Labute approximate surface area is 120 Å². The van der Waals surface area contributed by atoms with Gasteiger partial charge in [-0.25, -0.2) is 9.18 Å². The van der Waals surface area contributed by atoms with Crippen LogP contribution in [0.2, 0.25) is 5.02 Å². The smallest absolute Gasteiger partial charge is 0.335 e. The summed E-state index contributed by atoms with van der Waals surface area (Å²) in [4.78, 5) is 10.8. The first-order valence-electron chi connectivity index (χ1n) is 5.91. The molecule has 2 aromatic carbocycles. The molecule has 5 heteroatoms. The molecule has 3 nitrogen and oxygen atoms in total. The molecular weight excluding hydrogens is 283 g/mol. The fourth-order valence-electron chi connectivity index (χ4n) is 1.68. The maximum absolute atomic E-state index is 13.4. The first-order chi connectivity index (χ1) is 9.58. The first kappa shape index (κ1) is 14.5. The second kappa shape index (κ2) is 6.50. The summed E-state index contributed by atoms with van der Waals surface area (Å²) in [7, 11) is 0. The highest BCUT2D eigenvalue weighted by Gasteiger charge is 2.07. The summed E-state index contributed by atoms with van der Waals surface area (Å²) in [5, 5.41) is 9.14. The minimum atomic E-state index is -1.04. The van der Waals surface area contributed by atoms with E-state index in [2.05, 4.69) is 0 Å². The minimum absolute atomic E-state index is 0.118. The highest BCUT2D eigenvalue weighted by atomic mass is 35.5. The Morgan fingerprint density at radius 1 is 1.15 bits per heavy atom. The second-order valence-electron chi connectivity index (χ2n) is 4.20. The molecule has 0 bridgehead atoms. The number of hydrogen-bond acceptors (Lipinski definition) is 2. The zero-order valence-corrected chi connectivity index (χ0v) is 11.2. The van der Waals surface area contributed by atoms with E-state index in [1.165, 1.54) is 18.2 Å². The van der Waals surface area contributed by atoms with E-state index in [4.69, 9.17) is 21.4 Å². The van der Waals surface area contributed by atoms with E-state index < -0.39 is 5.97 Å². The molecule has 0 saturated carbocycles. The molecule has 0 unspecified atom stereocenters. The second-order valence-corrected chi connectivity index (χ2v) is 4.60. The Hall–Kier alpha value is -1.91. The summed E-state index contributed by atoms with van der Waals surface area (Å²) in [5.41, 5.74) is 1.24. The van der Waals surface area contributed by atoms with Crippen LogP contribution in [0.15, 0.2) is 42.5 Å². The number of carbonyl (C=O) groups is 1. The van der Waals surface area contributed by atoms with Gasteiger partial charge in [-0.2, -0.15) is 0 Å². The van der Waals surface area contributed by atoms with Gasteiger partial charge in [0.05, 0.1) is 18.8 Å². The van der Waals surface area contributed by atoms with Crippen LogP contribution in [0, 0.1) is 5.82 Å². The van der Waals surface area contributed by atoms with Gasteiger partial charge < -0.3 is 9.84 Å². The van der Waals surface area contributed by atoms with Crippen molar-refractivity contribution in [3.05, 3.63) is 70.0 Å². The third-order valence-corrected chi connectivity index (χ3v) is 3.12. The number of hydrogen-bond donors (Lipinski definition) is 1. The van der Waals surface area contributed by atoms with Gasteiger partial charge in [0, 0.05) is 10.6 Å². The van der Waals surface area contributed by atoms with Crippen LogP contribution in [0.25, 0.3) is 0 Å². The lowest BCUT2D eigenvalue weighted by atomic mass is 10.1. The highest BCUT2D eigenvalue weighted by molar-refractivity contribution is 6.31. The summed E-state index contributed by atoms with van der Waals surface area (Å²) < 4.78 is 18.8.